The first-order valence-electron chi connectivity index (χ1n) is 4.36. The van der Waals surface area contributed by atoms with Crippen molar-refractivity contribution in [3.63, 3.8) is 0 Å². The fourth-order valence-corrected chi connectivity index (χ4v) is 4.51. The summed E-state index contributed by atoms with van der Waals surface area (Å²) in [6.07, 6.45) is 0.925. The lowest BCUT2D eigenvalue weighted by Gasteiger charge is -2.11. The lowest BCUT2D eigenvalue weighted by Crippen LogP contribution is -2.32. The average Bonchev–Trinajstić information content (AvgIpc) is 2.45. The number of hydrogen-bond acceptors (Lipinski definition) is 2. The van der Waals surface area contributed by atoms with Crippen LogP contribution < -0.4 is 5.32 Å². The molecule has 6 heteroatoms. The SMILES string of the molecule is CC(CCBr)NC(=O)c1cc(Br)sc1Br. The van der Waals surface area contributed by atoms with E-state index < -0.39 is 0 Å². The first-order chi connectivity index (χ1) is 7.04. The zero-order chi connectivity index (χ0) is 11.4. The third-order valence-electron chi connectivity index (χ3n) is 1.82. The van der Waals surface area contributed by atoms with E-state index in [9.17, 15) is 4.79 Å². The molecule has 0 saturated carbocycles. The Morgan fingerprint density at radius 3 is 2.73 bits per heavy atom. The molecule has 1 aromatic heterocycles. The molecule has 0 aliphatic heterocycles. The predicted molar refractivity (Wildman–Crippen MR) is 75.1 cm³/mol. The van der Waals surface area contributed by atoms with Gasteiger partial charge in [-0.05, 0) is 51.3 Å². The maximum Gasteiger partial charge on any atom is 0.253 e. The van der Waals surface area contributed by atoms with Crippen LogP contribution >= 0.6 is 59.1 Å². The Morgan fingerprint density at radius 2 is 2.27 bits per heavy atom. The number of nitrogens with one attached hydrogen (secondary N) is 1. The number of amides is 1. The number of carbonyl (C=O) groups excluding carboxylic acids is 1. The second-order valence-electron chi connectivity index (χ2n) is 3.09. The molecule has 1 atom stereocenters. The van der Waals surface area contributed by atoms with E-state index in [0.29, 0.717) is 5.56 Å². The van der Waals surface area contributed by atoms with E-state index in [1.165, 1.54) is 11.3 Å². The monoisotopic (exact) mass is 417 g/mol. The van der Waals surface area contributed by atoms with Crippen molar-refractivity contribution in [1.29, 1.82) is 0 Å². The van der Waals surface area contributed by atoms with Gasteiger partial charge in [-0.15, -0.1) is 11.3 Å². The summed E-state index contributed by atoms with van der Waals surface area (Å²) in [5, 5.41) is 3.83. The minimum Gasteiger partial charge on any atom is -0.349 e. The van der Waals surface area contributed by atoms with Crippen LogP contribution in [0.5, 0.6) is 0 Å². The molecular weight excluding hydrogens is 410 g/mol. The van der Waals surface area contributed by atoms with Crippen LogP contribution in [0.25, 0.3) is 0 Å². The van der Waals surface area contributed by atoms with Gasteiger partial charge in [0.25, 0.3) is 5.91 Å². The zero-order valence-electron chi connectivity index (χ0n) is 8.02. The van der Waals surface area contributed by atoms with Gasteiger partial charge in [-0.25, -0.2) is 0 Å². The molecule has 0 radical (unpaired) electrons. The van der Waals surface area contributed by atoms with Gasteiger partial charge >= 0.3 is 0 Å². The van der Waals surface area contributed by atoms with Gasteiger partial charge in [-0.2, -0.15) is 0 Å². The van der Waals surface area contributed by atoms with Crippen molar-refractivity contribution in [2.24, 2.45) is 0 Å². The number of rotatable bonds is 4. The van der Waals surface area contributed by atoms with Gasteiger partial charge in [0.2, 0.25) is 0 Å². The quantitative estimate of drug-likeness (QED) is 0.729. The van der Waals surface area contributed by atoms with Crippen LogP contribution in [0.3, 0.4) is 0 Å². The largest absolute Gasteiger partial charge is 0.349 e. The van der Waals surface area contributed by atoms with Crippen LogP contribution in [0.15, 0.2) is 13.6 Å². The summed E-state index contributed by atoms with van der Waals surface area (Å²) in [6.45, 7) is 1.99. The molecule has 2 nitrogen and oxygen atoms in total. The molecule has 0 spiro atoms. The van der Waals surface area contributed by atoms with E-state index in [1.807, 2.05) is 13.0 Å². The van der Waals surface area contributed by atoms with Gasteiger partial charge < -0.3 is 5.32 Å². The zero-order valence-corrected chi connectivity index (χ0v) is 13.6. The highest BCUT2D eigenvalue weighted by Gasteiger charge is 2.15. The van der Waals surface area contributed by atoms with E-state index in [0.717, 1.165) is 19.3 Å². The maximum atomic E-state index is 11.8. The van der Waals surface area contributed by atoms with Gasteiger partial charge in [0.1, 0.15) is 0 Å². The number of thiophene rings is 1. The molecule has 1 rings (SSSR count). The minimum absolute atomic E-state index is 0.0303. The van der Waals surface area contributed by atoms with Gasteiger partial charge in [0.15, 0.2) is 0 Å². The van der Waals surface area contributed by atoms with E-state index >= 15 is 0 Å². The van der Waals surface area contributed by atoms with Crippen molar-refractivity contribution in [2.75, 3.05) is 5.33 Å². The molecule has 0 bridgehead atoms. The van der Waals surface area contributed by atoms with Crippen LogP contribution in [0, 0.1) is 0 Å². The average molecular weight is 420 g/mol. The first kappa shape index (κ1) is 13.7. The second kappa shape index (κ2) is 6.37. The minimum atomic E-state index is -0.0303. The summed E-state index contributed by atoms with van der Waals surface area (Å²) in [5.74, 6) is -0.0303. The molecule has 15 heavy (non-hydrogen) atoms. The molecule has 1 unspecified atom stereocenters. The van der Waals surface area contributed by atoms with Crippen molar-refractivity contribution >= 4 is 65.0 Å². The number of halogens is 3. The van der Waals surface area contributed by atoms with E-state index in [4.69, 9.17) is 0 Å². The Bertz CT molecular complexity index is 353. The highest BCUT2D eigenvalue weighted by atomic mass is 79.9. The summed E-state index contributed by atoms with van der Waals surface area (Å²) in [7, 11) is 0. The lowest BCUT2D eigenvalue weighted by atomic mass is 10.2. The lowest BCUT2D eigenvalue weighted by molar-refractivity contribution is 0.0939. The van der Waals surface area contributed by atoms with Crippen LogP contribution in [0.4, 0.5) is 0 Å². The number of carbonyl (C=O) groups is 1. The summed E-state index contributed by atoms with van der Waals surface area (Å²) < 4.78 is 1.81. The summed E-state index contributed by atoms with van der Waals surface area (Å²) in [6, 6.07) is 2.01. The van der Waals surface area contributed by atoms with E-state index in [-0.39, 0.29) is 11.9 Å². The Hall–Kier alpha value is 0.610. The van der Waals surface area contributed by atoms with Gasteiger partial charge in [-0.1, -0.05) is 15.9 Å². The Morgan fingerprint density at radius 1 is 1.60 bits per heavy atom. The molecule has 84 valence electrons. The fourth-order valence-electron chi connectivity index (χ4n) is 1.03. The molecule has 1 aromatic rings. The Kier molecular flexibility index (Phi) is 5.81. The fraction of sp³-hybridized carbons (Fsp3) is 0.444. The van der Waals surface area contributed by atoms with Crippen LogP contribution in [-0.4, -0.2) is 17.3 Å². The molecule has 0 aliphatic rings. The molecule has 0 fully saturated rings. The molecule has 1 heterocycles. The Labute approximate surface area is 118 Å². The molecule has 0 saturated heterocycles. The summed E-state index contributed by atoms with van der Waals surface area (Å²) in [5.41, 5.74) is 0.688. The predicted octanol–water partition coefficient (Wildman–Crippen LogP) is 4.18. The third-order valence-corrected chi connectivity index (χ3v) is 4.62. The van der Waals surface area contributed by atoms with Gasteiger partial charge in [0.05, 0.1) is 13.1 Å². The standard InChI is InChI=1S/C9H10Br3NOS/c1-5(2-3-10)13-9(14)6-4-7(11)15-8(6)12/h4-5H,2-3H2,1H3,(H,13,14). The Balaban J connectivity index is 2.65. The highest BCUT2D eigenvalue weighted by molar-refractivity contribution is 9.12. The maximum absolute atomic E-state index is 11.8. The smallest absolute Gasteiger partial charge is 0.253 e. The molecule has 1 amide bonds. The second-order valence-corrected chi connectivity index (χ2v) is 7.63. The van der Waals surface area contributed by atoms with Crippen molar-refractivity contribution in [1.82, 2.24) is 5.32 Å². The van der Waals surface area contributed by atoms with Gasteiger partial charge in [0, 0.05) is 11.4 Å². The summed E-state index contributed by atoms with van der Waals surface area (Å²) >= 11 is 11.6. The highest BCUT2D eigenvalue weighted by Crippen LogP contribution is 2.31. The van der Waals surface area contributed by atoms with Crippen molar-refractivity contribution in [3.8, 4) is 0 Å². The van der Waals surface area contributed by atoms with E-state index in [1.54, 1.807) is 0 Å². The molecule has 0 aromatic carbocycles. The van der Waals surface area contributed by atoms with E-state index in [2.05, 4.69) is 53.1 Å². The third kappa shape index (κ3) is 4.17. The normalized spacial score (nSPS) is 12.5. The number of alkyl halides is 1. The number of hydrogen-bond donors (Lipinski definition) is 1. The van der Waals surface area contributed by atoms with Crippen molar-refractivity contribution in [2.45, 2.75) is 19.4 Å². The topological polar surface area (TPSA) is 29.1 Å². The first-order valence-corrected chi connectivity index (χ1v) is 7.88. The van der Waals surface area contributed by atoms with Crippen molar-refractivity contribution < 1.29 is 4.79 Å². The van der Waals surface area contributed by atoms with Crippen molar-refractivity contribution in [3.05, 3.63) is 19.2 Å². The molecule has 0 aliphatic carbocycles. The van der Waals surface area contributed by atoms with Crippen LogP contribution in [0.2, 0.25) is 0 Å². The van der Waals surface area contributed by atoms with Crippen LogP contribution in [-0.2, 0) is 0 Å². The molecular formula is C9H10Br3NOS. The van der Waals surface area contributed by atoms with Crippen LogP contribution in [0.1, 0.15) is 23.7 Å². The van der Waals surface area contributed by atoms with Gasteiger partial charge in [-0.3, -0.25) is 4.79 Å². The summed E-state index contributed by atoms with van der Waals surface area (Å²) in [4.78, 5) is 11.8. The molecule has 1 N–H and O–H groups in total.